The van der Waals surface area contributed by atoms with E-state index in [4.69, 9.17) is 15.5 Å². The molecule has 8 nitrogen and oxygen atoms in total. The lowest BCUT2D eigenvalue weighted by Crippen LogP contribution is -2.32. The SMILES string of the molecule is C/C=C(/c1ccc(C(=O)NS(=O)(=O)c2cccc(N)n2)c(Oc2c(C)cc(C)cc2C)n1)C1(C)CCCC1(C)C. The van der Waals surface area contributed by atoms with Gasteiger partial charge in [-0.25, -0.2) is 14.7 Å². The van der Waals surface area contributed by atoms with Crippen LogP contribution in [0.1, 0.15) is 79.7 Å². The highest BCUT2D eigenvalue weighted by Crippen LogP contribution is 2.59. The summed E-state index contributed by atoms with van der Waals surface area (Å²) in [6, 6.07) is 11.5. The van der Waals surface area contributed by atoms with Crippen LogP contribution in [-0.4, -0.2) is 24.3 Å². The Hall–Kier alpha value is -3.72. The third-order valence-corrected chi connectivity index (χ3v) is 9.52. The molecule has 40 heavy (non-hydrogen) atoms. The summed E-state index contributed by atoms with van der Waals surface area (Å²) < 4.78 is 34.4. The number of allylic oxidation sites excluding steroid dienone is 2. The summed E-state index contributed by atoms with van der Waals surface area (Å²) in [6.45, 7) is 14.7. The van der Waals surface area contributed by atoms with Crippen LogP contribution in [0.15, 0.2) is 53.6 Å². The van der Waals surface area contributed by atoms with Crippen LogP contribution in [0.25, 0.3) is 5.57 Å². The Morgan fingerprint density at radius 3 is 2.27 bits per heavy atom. The Balaban J connectivity index is 1.81. The molecule has 3 aromatic rings. The number of nitrogen functional groups attached to an aromatic ring is 1. The minimum atomic E-state index is -4.30. The van der Waals surface area contributed by atoms with Crippen LogP contribution in [0.3, 0.4) is 0 Å². The van der Waals surface area contributed by atoms with Crippen molar-refractivity contribution in [3.05, 3.63) is 76.5 Å². The number of hydrogen-bond donors (Lipinski definition) is 2. The monoisotopic (exact) mass is 562 g/mol. The number of carbonyl (C=O) groups excluding carboxylic acids is 1. The first-order valence-corrected chi connectivity index (χ1v) is 14.9. The summed E-state index contributed by atoms with van der Waals surface area (Å²) >= 11 is 0. The largest absolute Gasteiger partial charge is 0.438 e. The maximum atomic E-state index is 13.4. The van der Waals surface area contributed by atoms with E-state index < -0.39 is 15.9 Å². The van der Waals surface area contributed by atoms with Gasteiger partial charge in [0.05, 0.1) is 5.69 Å². The highest BCUT2D eigenvalue weighted by Gasteiger charge is 2.48. The van der Waals surface area contributed by atoms with Gasteiger partial charge in [0.2, 0.25) is 5.88 Å². The predicted molar refractivity (Wildman–Crippen MR) is 158 cm³/mol. The van der Waals surface area contributed by atoms with Crippen molar-refractivity contribution in [2.24, 2.45) is 10.8 Å². The molecule has 9 heteroatoms. The number of anilines is 1. The first kappa shape index (κ1) is 29.3. The molecule has 1 saturated carbocycles. The number of nitrogens with zero attached hydrogens (tertiary/aromatic N) is 2. The molecular formula is C31H38N4O4S. The Labute approximate surface area is 237 Å². The van der Waals surface area contributed by atoms with Crippen LogP contribution in [0.2, 0.25) is 0 Å². The van der Waals surface area contributed by atoms with Gasteiger partial charge in [0.25, 0.3) is 15.9 Å². The number of pyridine rings is 2. The molecule has 2 aromatic heterocycles. The number of aryl methyl sites for hydroxylation is 3. The van der Waals surface area contributed by atoms with Crippen LogP contribution in [0.5, 0.6) is 11.6 Å². The second kappa shape index (κ2) is 10.7. The molecule has 0 bridgehead atoms. The van der Waals surface area contributed by atoms with E-state index in [1.54, 1.807) is 12.1 Å². The molecule has 4 rings (SSSR count). The normalized spacial score (nSPS) is 18.9. The molecule has 212 valence electrons. The minimum absolute atomic E-state index is 0.0121. The lowest BCUT2D eigenvalue weighted by molar-refractivity contribution is 0.0978. The van der Waals surface area contributed by atoms with E-state index in [9.17, 15) is 13.2 Å². The first-order chi connectivity index (χ1) is 18.7. The number of hydrogen-bond acceptors (Lipinski definition) is 7. The number of amides is 1. The van der Waals surface area contributed by atoms with Gasteiger partial charge in [0.15, 0.2) is 5.03 Å². The second-order valence-electron chi connectivity index (χ2n) is 11.5. The molecule has 3 N–H and O–H groups in total. The standard InChI is InChI=1S/C31H38N4O4S/c1-8-23(31(7)16-10-15-30(31,5)6)24-14-13-22(28(36)35-40(37,38)26-12-9-11-25(32)34-26)29(33-24)39-27-20(3)17-19(2)18-21(27)4/h8-9,11-14,17-18H,10,15-16H2,1-7H3,(H2,32,34)(H,35,36)/b23-8-. The van der Waals surface area contributed by atoms with E-state index in [0.29, 0.717) is 11.4 Å². The fourth-order valence-electron chi connectivity index (χ4n) is 5.82. The average Bonchev–Trinajstić information content (AvgIpc) is 3.13. The minimum Gasteiger partial charge on any atom is -0.438 e. The topological polar surface area (TPSA) is 124 Å². The van der Waals surface area contributed by atoms with Crippen LogP contribution in [0.4, 0.5) is 5.82 Å². The summed E-state index contributed by atoms with van der Waals surface area (Å²) in [4.78, 5) is 22.1. The highest BCUT2D eigenvalue weighted by atomic mass is 32.2. The number of benzene rings is 1. The van der Waals surface area contributed by atoms with Crippen molar-refractivity contribution >= 4 is 27.3 Å². The molecule has 2 heterocycles. The molecule has 0 spiro atoms. The van der Waals surface area contributed by atoms with Crippen LogP contribution in [-0.2, 0) is 10.0 Å². The fraction of sp³-hybridized carbons (Fsp3) is 0.387. The van der Waals surface area contributed by atoms with Crippen LogP contribution >= 0.6 is 0 Å². The van der Waals surface area contributed by atoms with Gasteiger partial charge in [-0.05, 0) is 92.3 Å². The molecule has 1 aromatic carbocycles. The third kappa shape index (κ3) is 5.47. The Morgan fingerprint density at radius 1 is 1.02 bits per heavy atom. The number of carbonyl (C=O) groups is 1. The average molecular weight is 563 g/mol. The summed E-state index contributed by atoms with van der Waals surface area (Å²) in [6.07, 6.45) is 5.31. The van der Waals surface area contributed by atoms with Crippen molar-refractivity contribution in [2.45, 2.75) is 72.8 Å². The van der Waals surface area contributed by atoms with Crippen molar-refractivity contribution in [3.63, 3.8) is 0 Å². The molecule has 1 unspecified atom stereocenters. The maximum Gasteiger partial charge on any atom is 0.281 e. The molecule has 1 amide bonds. The summed E-state index contributed by atoms with van der Waals surface area (Å²) in [5.41, 5.74) is 10.2. The van der Waals surface area contributed by atoms with E-state index in [2.05, 4.69) is 36.6 Å². The maximum absolute atomic E-state index is 13.4. The van der Waals surface area contributed by atoms with Gasteiger partial charge in [-0.1, -0.05) is 57.0 Å². The summed E-state index contributed by atoms with van der Waals surface area (Å²) in [5, 5.41) is -0.356. The highest BCUT2D eigenvalue weighted by molar-refractivity contribution is 7.90. The number of rotatable bonds is 7. The van der Waals surface area contributed by atoms with Crippen molar-refractivity contribution in [1.29, 1.82) is 0 Å². The number of nitrogens with two attached hydrogens (primary N) is 1. The molecule has 0 saturated heterocycles. The van der Waals surface area contributed by atoms with Gasteiger partial charge in [0, 0.05) is 0 Å². The van der Waals surface area contributed by atoms with Gasteiger partial charge in [-0.3, -0.25) is 4.79 Å². The Morgan fingerprint density at radius 2 is 1.70 bits per heavy atom. The molecule has 0 aliphatic heterocycles. The van der Waals surface area contributed by atoms with E-state index in [-0.39, 0.29) is 33.1 Å². The number of sulfonamides is 1. The smallest absolute Gasteiger partial charge is 0.281 e. The van der Waals surface area contributed by atoms with Crippen molar-refractivity contribution in [1.82, 2.24) is 14.7 Å². The third-order valence-electron chi connectivity index (χ3n) is 8.29. The Bertz CT molecular complexity index is 1590. The lowest BCUT2D eigenvalue weighted by atomic mass is 9.64. The van der Waals surface area contributed by atoms with Crippen molar-refractivity contribution < 1.29 is 17.9 Å². The number of nitrogens with one attached hydrogen (secondary N) is 1. The van der Waals surface area contributed by atoms with Gasteiger partial charge >= 0.3 is 0 Å². The summed E-state index contributed by atoms with van der Waals surface area (Å²) in [5.74, 6) is -0.258. The molecule has 0 radical (unpaired) electrons. The van der Waals surface area contributed by atoms with E-state index >= 15 is 0 Å². The van der Waals surface area contributed by atoms with E-state index in [1.165, 1.54) is 18.2 Å². The zero-order valence-corrected chi connectivity index (χ0v) is 25.1. The number of aromatic nitrogens is 2. The van der Waals surface area contributed by atoms with E-state index in [0.717, 1.165) is 41.5 Å². The lowest BCUT2D eigenvalue weighted by Gasteiger charge is -2.40. The van der Waals surface area contributed by atoms with Crippen LogP contribution < -0.4 is 15.2 Å². The quantitative estimate of drug-likeness (QED) is 0.336. The number of ether oxygens (including phenoxy) is 1. The van der Waals surface area contributed by atoms with Crippen molar-refractivity contribution in [3.8, 4) is 11.6 Å². The van der Waals surface area contributed by atoms with Gasteiger partial charge in [0.1, 0.15) is 17.1 Å². The van der Waals surface area contributed by atoms with Gasteiger partial charge in [-0.15, -0.1) is 0 Å². The van der Waals surface area contributed by atoms with Gasteiger partial charge in [-0.2, -0.15) is 8.42 Å². The Kier molecular flexibility index (Phi) is 7.82. The molecule has 1 aliphatic rings. The predicted octanol–water partition coefficient (Wildman–Crippen LogP) is 6.51. The zero-order valence-electron chi connectivity index (χ0n) is 24.3. The summed E-state index contributed by atoms with van der Waals surface area (Å²) in [7, 11) is -4.30. The fourth-order valence-corrected chi connectivity index (χ4v) is 6.76. The second-order valence-corrected chi connectivity index (χ2v) is 13.1. The van der Waals surface area contributed by atoms with E-state index in [1.807, 2.05) is 39.8 Å². The first-order valence-electron chi connectivity index (χ1n) is 13.4. The molecule has 1 fully saturated rings. The van der Waals surface area contributed by atoms with Crippen molar-refractivity contribution in [2.75, 3.05) is 5.73 Å². The van der Waals surface area contributed by atoms with Crippen LogP contribution in [0, 0.1) is 31.6 Å². The molecule has 1 aliphatic carbocycles. The molecule has 1 atom stereocenters. The van der Waals surface area contributed by atoms with Gasteiger partial charge < -0.3 is 10.5 Å². The zero-order chi connectivity index (χ0) is 29.5. The molecular weight excluding hydrogens is 524 g/mol.